The smallest absolute Gasteiger partial charge is 0.273 e. The van der Waals surface area contributed by atoms with Gasteiger partial charge in [-0.1, -0.05) is 0 Å². The van der Waals surface area contributed by atoms with E-state index in [1.165, 1.54) is 0 Å². The third-order valence-electron chi connectivity index (χ3n) is 1.71. The van der Waals surface area contributed by atoms with Gasteiger partial charge in [-0.05, 0) is 0 Å². The molecule has 1 aromatic heterocycles. The van der Waals surface area contributed by atoms with Gasteiger partial charge in [0.15, 0.2) is 0 Å². The van der Waals surface area contributed by atoms with E-state index in [1.807, 2.05) is 0 Å². The van der Waals surface area contributed by atoms with Crippen LogP contribution in [-0.4, -0.2) is 27.6 Å². The van der Waals surface area contributed by atoms with Crippen molar-refractivity contribution in [1.82, 2.24) is 14.7 Å². The van der Waals surface area contributed by atoms with Crippen LogP contribution in [0, 0.1) is 0 Å². The summed E-state index contributed by atoms with van der Waals surface area (Å²) in [6.07, 6.45) is 0. The van der Waals surface area contributed by atoms with E-state index in [9.17, 15) is 4.79 Å². The highest BCUT2D eigenvalue weighted by Gasteiger charge is 2.25. The first-order valence-corrected chi connectivity index (χ1v) is 3.27. The van der Waals surface area contributed by atoms with Crippen LogP contribution in [-0.2, 0) is 6.67 Å². The highest BCUT2D eigenvalue weighted by molar-refractivity contribution is 5.94. The molecule has 0 saturated carbocycles. The third-order valence-corrected chi connectivity index (χ3v) is 1.71. The molecular weight excluding hydrogens is 144 g/mol. The van der Waals surface area contributed by atoms with Gasteiger partial charge >= 0.3 is 0 Å². The lowest BCUT2D eigenvalue weighted by Crippen LogP contribution is -2.18. The Morgan fingerprint density at radius 1 is 1.73 bits per heavy atom. The number of carbonyl (C=O) groups is 1. The minimum Gasteiger partial charge on any atom is -0.382 e. The minimum absolute atomic E-state index is 0.0193. The lowest BCUT2D eigenvalue weighted by Gasteiger charge is -2.04. The van der Waals surface area contributed by atoms with Crippen molar-refractivity contribution in [2.75, 3.05) is 12.8 Å². The second kappa shape index (κ2) is 1.75. The van der Waals surface area contributed by atoms with Crippen molar-refractivity contribution in [3.05, 3.63) is 11.8 Å². The van der Waals surface area contributed by atoms with Crippen LogP contribution in [0.4, 0.5) is 5.82 Å². The molecule has 0 aromatic carbocycles. The summed E-state index contributed by atoms with van der Waals surface area (Å²) < 4.78 is 1.59. The Kier molecular flexibility index (Phi) is 0.986. The van der Waals surface area contributed by atoms with E-state index in [4.69, 9.17) is 5.73 Å². The van der Waals surface area contributed by atoms with Crippen molar-refractivity contribution in [2.45, 2.75) is 6.67 Å². The van der Waals surface area contributed by atoms with Gasteiger partial charge in [0, 0.05) is 13.1 Å². The summed E-state index contributed by atoms with van der Waals surface area (Å²) in [7, 11) is 1.73. The molecule has 2 N–H and O–H groups in total. The largest absolute Gasteiger partial charge is 0.382 e. The monoisotopic (exact) mass is 152 g/mol. The molecule has 1 aliphatic rings. The summed E-state index contributed by atoms with van der Waals surface area (Å²) in [5, 5.41) is 3.92. The van der Waals surface area contributed by atoms with Crippen LogP contribution >= 0.6 is 0 Å². The maximum absolute atomic E-state index is 11.2. The molecule has 1 aromatic rings. The molecule has 0 saturated heterocycles. The van der Waals surface area contributed by atoms with Gasteiger partial charge in [-0.15, -0.1) is 0 Å². The van der Waals surface area contributed by atoms with E-state index in [-0.39, 0.29) is 5.91 Å². The van der Waals surface area contributed by atoms with Crippen molar-refractivity contribution >= 4 is 11.7 Å². The molecule has 2 heterocycles. The second-order valence-electron chi connectivity index (χ2n) is 2.60. The quantitative estimate of drug-likeness (QED) is 0.545. The fourth-order valence-electron chi connectivity index (χ4n) is 1.18. The van der Waals surface area contributed by atoms with E-state index in [1.54, 1.807) is 22.7 Å². The van der Waals surface area contributed by atoms with E-state index in [2.05, 4.69) is 5.10 Å². The van der Waals surface area contributed by atoms with Crippen molar-refractivity contribution in [3.8, 4) is 0 Å². The summed E-state index contributed by atoms with van der Waals surface area (Å²) in [6.45, 7) is 0.505. The number of hydrogen-bond donors (Lipinski definition) is 1. The van der Waals surface area contributed by atoms with Gasteiger partial charge in [0.05, 0.1) is 0 Å². The predicted octanol–water partition coefficient (Wildman–Crippen LogP) is -0.492. The summed E-state index contributed by atoms with van der Waals surface area (Å²) in [5.41, 5.74) is 5.97. The van der Waals surface area contributed by atoms with Crippen molar-refractivity contribution in [1.29, 1.82) is 0 Å². The maximum atomic E-state index is 11.2. The van der Waals surface area contributed by atoms with Crippen LogP contribution in [0.15, 0.2) is 6.07 Å². The number of nitrogens with two attached hydrogens (primary N) is 1. The van der Waals surface area contributed by atoms with E-state index in [0.717, 1.165) is 0 Å². The number of amides is 1. The van der Waals surface area contributed by atoms with Gasteiger partial charge < -0.3 is 10.6 Å². The standard InChI is InChI=1S/C6H8N4O/c1-9-3-10-4(6(9)11)2-5(7)8-10/h2H,3H2,1H3,(H2,7,8). The first-order chi connectivity index (χ1) is 5.18. The van der Waals surface area contributed by atoms with Crippen molar-refractivity contribution in [3.63, 3.8) is 0 Å². The summed E-state index contributed by atoms with van der Waals surface area (Å²) >= 11 is 0. The lowest BCUT2D eigenvalue weighted by atomic mass is 10.4. The highest BCUT2D eigenvalue weighted by Crippen LogP contribution is 2.15. The molecule has 0 atom stereocenters. The lowest BCUT2D eigenvalue weighted by molar-refractivity contribution is 0.0809. The molecule has 0 bridgehead atoms. The Morgan fingerprint density at radius 2 is 2.45 bits per heavy atom. The minimum atomic E-state index is -0.0193. The first-order valence-electron chi connectivity index (χ1n) is 3.27. The molecule has 2 rings (SSSR count). The van der Waals surface area contributed by atoms with Gasteiger partial charge in [0.1, 0.15) is 18.2 Å². The number of aromatic nitrogens is 2. The Bertz CT molecular complexity index is 316. The molecule has 1 aliphatic heterocycles. The van der Waals surface area contributed by atoms with Gasteiger partial charge in [-0.3, -0.25) is 4.79 Å². The zero-order chi connectivity index (χ0) is 8.01. The molecule has 1 amide bonds. The highest BCUT2D eigenvalue weighted by atomic mass is 16.2. The normalized spacial score (nSPS) is 15.7. The Labute approximate surface area is 63.4 Å². The molecule has 0 radical (unpaired) electrons. The van der Waals surface area contributed by atoms with Crippen LogP contribution in [0.5, 0.6) is 0 Å². The van der Waals surface area contributed by atoms with E-state index >= 15 is 0 Å². The molecule has 11 heavy (non-hydrogen) atoms. The second-order valence-corrected chi connectivity index (χ2v) is 2.60. The molecule has 0 fully saturated rings. The predicted molar refractivity (Wildman–Crippen MR) is 38.7 cm³/mol. The summed E-state index contributed by atoms with van der Waals surface area (Å²) in [4.78, 5) is 12.8. The molecule has 58 valence electrons. The van der Waals surface area contributed by atoms with Crippen LogP contribution in [0.25, 0.3) is 0 Å². The van der Waals surface area contributed by atoms with Crippen LogP contribution in [0.2, 0.25) is 0 Å². The van der Waals surface area contributed by atoms with Crippen LogP contribution < -0.4 is 5.73 Å². The zero-order valence-corrected chi connectivity index (χ0v) is 6.11. The third kappa shape index (κ3) is 0.705. The average molecular weight is 152 g/mol. The Balaban J connectivity index is 2.52. The van der Waals surface area contributed by atoms with E-state index in [0.29, 0.717) is 18.2 Å². The molecule has 5 heteroatoms. The number of rotatable bonds is 0. The zero-order valence-electron chi connectivity index (χ0n) is 6.11. The number of fused-ring (bicyclic) bond motifs is 1. The fourth-order valence-corrected chi connectivity index (χ4v) is 1.18. The number of anilines is 1. The van der Waals surface area contributed by atoms with Gasteiger partial charge in [0.2, 0.25) is 0 Å². The average Bonchev–Trinajstić information content (AvgIpc) is 2.37. The van der Waals surface area contributed by atoms with Gasteiger partial charge in [-0.25, -0.2) is 4.68 Å². The van der Waals surface area contributed by atoms with Crippen LogP contribution in [0.3, 0.4) is 0 Å². The molecule has 0 unspecified atom stereocenters. The topological polar surface area (TPSA) is 64.2 Å². The number of nitrogens with zero attached hydrogens (tertiary/aromatic N) is 3. The number of hydrogen-bond acceptors (Lipinski definition) is 3. The van der Waals surface area contributed by atoms with Gasteiger partial charge in [0.25, 0.3) is 5.91 Å². The van der Waals surface area contributed by atoms with Crippen molar-refractivity contribution in [2.24, 2.45) is 0 Å². The molecule has 0 spiro atoms. The number of nitrogen functional groups attached to an aromatic ring is 1. The number of carbonyl (C=O) groups excluding carboxylic acids is 1. The molecule has 5 nitrogen and oxygen atoms in total. The molecule has 0 aliphatic carbocycles. The fraction of sp³-hybridized carbons (Fsp3) is 0.333. The summed E-state index contributed by atoms with van der Waals surface area (Å²) in [5.74, 6) is 0.385. The first kappa shape index (κ1) is 6.21. The summed E-state index contributed by atoms with van der Waals surface area (Å²) in [6, 6.07) is 1.59. The Hall–Kier alpha value is -1.52. The van der Waals surface area contributed by atoms with Crippen molar-refractivity contribution < 1.29 is 4.79 Å². The molecular formula is C6H8N4O. The van der Waals surface area contributed by atoms with E-state index < -0.39 is 0 Å². The van der Waals surface area contributed by atoms with Gasteiger partial charge in [-0.2, -0.15) is 5.10 Å². The Morgan fingerprint density at radius 3 is 3.09 bits per heavy atom. The SMILES string of the molecule is CN1Cn2nc(N)cc2C1=O. The van der Waals surface area contributed by atoms with Crippen LogP contribution in [0.1, 0.15) is 10.5 Å². The maximum Gasteiger partial charge on any atom is 0.273 e.